The third kappa shape index (κ3) is 2.35. The fraction of sp³-hybridized carbons (Fsp3) is 0.125. The van der Waals surface area contributed by atoms with Crippen LogP contribution in [0.1, 0.15) is 5.56 Å². The Morgan fingerprint density at radius 1 is 1.62 bits per heavy atom. The van der Waals surface area contributed by atoms with Crippen molar-refractivity contribution in [2.45, 2.75) is 6.92 Å². The number of carboxylic acid groups (broad SMARTS) is 1. The van der Waals surface area contributed by atoms with Crippen LogP contribution in [-0.2, 0) is 0 Å². The molecule has 0 bridgehead atoms. The SMILES string of the molecule is Cc1cc(Br)cc(NC(=O)O)c1N. The van der Waals surface area contributed by atoms with Gasteiger partial charge in [0.25, 0.3) is 0 Å². The van der Waals surface area contributed by atoms with Crippen LogP contribution < -0.4 is 11.1 Å². The van der Waals surface area contributed by atoms with Crippen LogP contribution in [0.4, 0.5) is 16.2 Å². The lowest BCUT2D eigenvalue weighted by Gasteiger charge is -2.08. The van der Waals surface area contributed by atoms with Gasteiger partial charge in [-0.1, -0.05) is 15.9 Å². The van der Waals surface area contributed by atoms with E-state index in [2.05, 4.69) is 21.2 Å². The maximum Gasteiger partial charge on any atom is 0.409 e. The predicted octanol–water partition coefficient (Wildman–Crippen LogP) is 2.43. The van der Waals surface area contributed by atoms with Gasteiger partial charge in [-0.3, -0.25) is 5.32 Å². The number of nitrogen functional groups attached to an aromatic ring is 1. The molecule has 0 saturated heterocycles. The first kappa shape index (κ1) is 9.85. The van der Waals surface area contributed by atoms with Crippen LogP contribution >= 0.6 is 15.9 Å². The van der Waals surface area contributed by atoms with Gasteiger partial charge in [0, 0.05) is 4.47 Å². The maximum absolute atomic E-state index is 10.4. The van der Waals surface area contributed by atoms with Crippen LogP contribution in [0.15, 0.2) is 16.6 Å². The van der Waals surface area contributed by atoms with Crippen LogP contribution in [0.25, 0.3) is 0 Å². The van der Waals surface area contributed by atoms with Crippen LogP contribution in [-0.4, -0.2) is 11.2 Å². The fourth-order valence-corrected chi connectivity index (χ4v) is 1.55. The van der Waals surface area contributed by atoms with Crippen molar-refractivity contribution < 1.29 is 9.90 Å². The lowest BCUT2D eigenvalue weighted by atomic mass is 10.2. The van der Waals surface area contributed by atoms with Crippen LogP contribution in [0.5, 0.6) is 0 Å². The summed E-state index contributed by atoms with van der Waals surface area (Å²) in [5, 5.41) is 10.7. The topological polar surface area (TPSA) is 75.3 Å². The standard InChI is InChI=1S/C8H9BrN2O2/c1-4-2-5(9)3-6(7(4)10)11-8(12)13/h2-3,11H,10H2,1H3,(H,12,13). The van der Waals surface area contributed by atoms with E-state index in [4.69, 9.17) is 10.8 Å². The Morgan fingerprint density at radius 2 is 2.23 bits per heavy atom. The lowest BCUT2D eigenvalue weighted by Crippen LogP contribution is -2.09. The van der Waals surface area contributed by atoms with Gasteiger partial charge in [0.2, 0.25) is 0 Å². The van der Waals surface area contributed by atoms with Gasteiger partial charge in [-0.2, -0.15) is 0 Å². The number of nitrogens with two attached hydrogens (primary N) is 1. The number of hydrogen-bond acceptors (Lipinski definition) is 2. The summed E-state index contributed by atoms with van der Waals surface area (Å²) in [5.74, 6) is 0. The second-order valence-corrected chi connectivity index (χ2v) is 3.53. The molecular weight excluding hydrogens is 236 g/mol. The number of halogens is 1. The molecule has 0 saturated carbocycles. The highest BCUT2D eigenvalue weighted by atomic mass is 79.9. The van der Waals surface area contributed by atoms with E-state index < -0.39 is 6.09 Å². The Morgan fingerprint density at radius 3 is 2.77 bits per heavy atom. The van der Waals surface area contributed by atoms with Crippen molar-refractivity contribution in [3.05, 3.63) is 22.2 Å². The van der Waals surface area contributed by atoms with Gasteiger partial charge in [-0.25, -0.2) is 4.79 Å². The molecule has 0 aliphatic carbocycles. The number of aryl methyl sites for hydroxylation is 1. The predicted molar refractivity (Wildman–Crippen MR) is 54.9 cm³/mol. The molecule has 0 heterocycles. The lowest BCUT2D eigenvalue weighted by molar-refractivity contribution is 0.210. The number of nitrogens with one attached hydrogen (secondary N) is 1. The Labute approximate surface area is 83.9 Å². The number of hydrogen-bond donors (Lipinski definition) is 3. The zero-order chi connectivity index (χ0) is 10.0. The molecule has 0 atom stereocenters. The Kier molecular flexibility index (Phi) is 2.77. The van der Waals surface area contributed by atoms with Crippen molar-refractivity contribution in [3.8, 4) is 0 Å². The van der Waals surface area contributed by atoms with Gasteiger partial charge >= 0.3 is 6.09 Å². The Bertz CT molecular complexity index is 352. The van der Waals surface area contributed by atoms with E-state index in [-0.39, 0.29) is 0 Å². The summed E-state index contributed by atoms with van der Waals surface area (Å²) in [7, 11) is 0. The summed E-state index contributed by atoms with van der Waals surface area (Å²) in [6.45, 7) is 1.81. The normalized spacial score (nSPS) is 9.69. The molecule has 4 nitrogen and oxygen atoms in total. The summed E-state index contributed by atoms with van der Waals surface area (Å²) in [5.41, 5.74) is 7.34. The number of amides is 1. The maximum atomic E-state index is 10.4. The average molecular weight is 245 g/mol. The van der Waals surface area contributed by atoms with Crippen LogP contribution in [0.2, 0.25) is 0 Å². The highest BCUT2D eigenvalue weighted by molar-refractivity contribution is 9.10. The molecule has 5 heteroatoms. The number of carbonyl (C=O) groups is 1. The molecule has 0 aromatic heterocycles. The molecule has 13 heavy (non-hydrogen) atoms. The van der Waals surface area contributed by atoms with E-state index in [1.807, 2.05) is 13.0 Å². The molecule has 4 N–H and O–H groups in total. The average Bonchev–Trinajstić information content (AvgIpc) is 1.98. The molecule has 0 unspecified atom stereocenters. The van der Waals surface area contributed by atoms with Gasteiger partial charge in [0.1, 0.15) is 0 Å². The Balaban J connectivity index is 3.12. The molecule has 1 aromatic carbocycles. The molecular formula is C8H9BrN2O2. The van der Waals surface area contributed by atoms with Gasteiger partial charge in [0.05, 0.1) is 11.4 Å². The van der Waals surface area contributed by atoms with Crippen molar-refractivity contribution in [1.29, 1.82) is 0 Å². The first-order chi connectivity index (χ1) is 6.00. The zero-order valence-electron chi connectivity index (χ0n) is 6.97. The second kappa shape index (κ2) is 3.66. The third-order valence-electron chi connectivity index (χ3n) is 1.59. The molecule has 70 valence electrons. The number of rotatable bonds is 1. The first-order valence-electron chi connectivity index (χ1n) is 3.56. The highest BCUT2D eigenvalue weighted by Crippen LogP contribution is 2.27. The molecule has 1 rings (SSSR count). The smallest absolute Gasteiger partial charge is 0.409 e. The first-order valence-corrected chi connectivity index (χ1v) is 4.35. The number of anilines is 2. The van der Waals surface area contributed by atoms with Crippen molar-refractivity contribution in [3.63, 3.8) is 0 Å². The van der Waals surface area contributed by atoms with Gasteiger partial charge in [0.15, 0.2) is 0 Å². The molecule has 1 amide bonds. The largest absolute Gasteiger partial charge is 0.465 e. The molecule has 0 fully saturated rings. The molecule has 0 aliphatic heterocycles. The third-order valence-corrected chi connectivity index (χ3v) is 2.05. The minimum Gasteiger partial charge on any atom is -0.465 e. The van der Waals surface area contributed by atoms with Gasteiger partial charge in [-0.05, 0) is 24.6 Å². The monoisotopic (exact) mass is 244 g/mol. The number of benzene rings is 1. The van der Waals surface area contributed by atoms with E-state index in [0.29, 0.717) is 11.4 Å². The molecule has 1 aromatic rings. The van der Waals surface area contributed by atoms with Crippen LogP contribution in [0.3, 0.4) is 0 Å². The molecule has 0 spiro atoms. The summed E-state index contributed by atoms with van der Waals surface area (Å²) < 4.78 is 0.794. The summed E-state index contributed by atoms with van der Waals surface area (Å²) in [6.07, 6.45) is -1.12. The Hall–Kier alpha value is -1.23. The minimum absolute atomic E-state index is 0.402. The molecule has 0 radical (unpaired) electrons. The van der Waals surface area contributed by atoms with E-state index in [0.717, 1.165) is 10.0 Å². The van der Waals surface area contributed by atoms with Gasteiger partial charge < -0.3 is 10.8 Å². The van der Waals surface area contributed by atoms with E-state index in [1.54, 1.807) is 6.07 Å². The summed E-state index contributed by atoms with van der Waals surface area (Å²) in [6, 6.07) is 3.44. The minimum atomic E-state index is -1.12. The summed E-state index contributed by atoms with van der Waals surface area (Å²) >= 11 is 3.25. The second-order valence-electron chi connectivity index (χ2n) is 2.61. The molecule has 0 aliphatic rings. The van der Waals surface area contributed by atoms with E-state index in [9.17, 15) is 4.79 Å². The quantitative estimate of drug-likeness (QED) is 0.665. The van der Waals surface area contributed by atoms with Crippen molar-refractivity contribution in [1.82, 2.24) is 0 Å². The summed E-state index contributed by atoms with van der Waals surface area (Å²) in [4.78, 5) is 10.4. The zero-order valence-corrected chi connectivity index (χ0v) is 8.55. The van der Waals surface area contributed by atoms with E-state index in [1.165, 1.54) is 0 Å². The van der Waals surface area contributed by atoms with Crippen molar-refractivity contribution in [2.75, 3.05) is 11.1 Å². The van der Waals surface area contributed by atoms with Crippen molar-refractivity contribution >= 4 is 33.4 Å². The van der Waals surface area contributed by atoms with Crippen molar-refractivity contribution in [2.24, 2.45) is 0 Å². The van der Waals surface area contributed by atoms with E-state index >= 15 is 0 Å². The highest BCUT2D eigenvalue weighted by Gasteiger charge is 2.06. The van der Waals surface area contributed by atoms with Gasteiger partial charge in [-0.15, -0.1) is 0 Å². The fourth-order valence-electron chi connectivity index (χ4n) is 0.973. The van der Waals surface area contributed by atoms with Crippen LogP contribution in [0, 0.1) is 6.92 Å².